The number of anilines is 1. The Balaban J connectivity index is 1.43. The lowest BCUT2D eigenvalue weighted by molar-refractivity contribution is -0.385. The maximum atomic E-state index is 12.4. The smallest absolute Gasteiger partial charge is 0.287 e. The second-order valence-corrected chi connectivity index (χ2v) is 6.84. The number of rotatable bonds is 6. The van der Waals surface area contributed by atoms with Crippen LogP contribution < -0.4 is 4.90 Å². The number of nitro groups is 1. The van der Waals surface area contributed by atoms with Gasteiger partial charge in [0.2, 0.25) is 5.91 Å². The predicted octanol–water partition coefficient (Wildman–Crippen LogP) is 2.97. The highest BCUT2D eigenvalue weighted by Crippen LogP contribution is 2.18. The third kappa shape index (κ3) is 5.03. The first-order valence-corrected chi connectivity index (χ1v) is 9.21. The van der Waals surface area contributed by atoms with Gasteiger partial charge in [0.25, 0.3) is 5.69 Å². The van der Waals surface area contributed by atoms with E-state index in [1.165, 1.54) is 23.4 Å². The number of carbonyl (C=O) groups is 1. The summed E-state index contributed by atoms with van der Waals surface area (Å²) in [7, 11) is 0. The number of benzene rings is 1. The zero-order valence-corrected chi connectivity index (χ0v) is 15.5. The Kier molecular flexibility index (Phi) is 6.01. The molecular formula is C20H24N4O3. The van der Waals surface area contributed by atoms with E-state index in [0.717, 1.165) is 12.8 Å². The lowest BCUT2D eigenvalue weighted by atomic mass is 10.1. The first kappa shape index (κ1) is 18.8. The van der Waals surface area contributed by atoms with E-state index >= 15 is 0 Å². The van der Waals surface area contributed by atoms with Crippen molar-refractivity contribution in [2.45, 2.75) is 26.2 Å². The summed E-state index contributed by atoms with van der Waals surface area (Å²) in [5.41, 5.74) is 2.50. The lowest BCUT2D eigenvalue weighted by Gasteiger charge is -2.35. The standard InChI is InChI=1S/C20H24N4O3/c1-16-5-7-17(8-6-16)3-2-4-20(25)23-13-11-22(12-14-23)19-10-9-18(15-21-19)24(26)27/h5-10,15H,2-4,11-14H2,1H3. The van der Waals surface area contributed by atoms with Crippen LogP contribution in [0.3, 0.4) is 0 Å². The zero-order chi connectivity index (χ0) is 19.2. The zero-order valence-electron chi connectivity index (χ0n) is 15.5. The van der Waals surface area contributed by atoms with Gasteiger partial charge in [-0.05, 0) is 31.4 Å². The minimum atomic E-state index is -0.454. The molecule has 142 valence electrons. The van der Waals surface area contributed by atoms with Crippen molar-refractivity contribution in [3.8, 4) is 0 Å². The number of amides is 1. The van der Waals surface area contributed by atoms with E-state index in [-0.39, 0.29) is 11.6 Å². The van der Waals surface area contributed by atoms with Gasteiger partial charge in [-0.3, -0.25) is 14.9 Å². The summed E-state index contributed by atoms with van der Waals surface area (Å²) in [6.45, 7) is 4.76. The van der Waals surface area contributed by atoms with Gasteiger partial charge in [0.15, 0.2) is 0 Å². The highest BCUT2D eigenvalue weighted by Gasteiger charge is 2.22. The Morgan fingerprint density at radius 3 is 2.41 bits per heavy atom. The van der Waals surface area contributed by atoms with Gasteiger partial charge >= 0.3 is 0 Å². The van der Waals surface area contributed by atoms with Gasteiger partial charge in [-0.1, -0.05) is 29.8 Å². The minimum Gasteiger partial charge on any atom is -0.353 e. The average molecular weight is 368 g/mol. The molecule has 7 nitrogen and oxygen atoms in total. The SMILES string of the molecule is Cc1ccc(CCCC(=O)N2CCN(c3ccc([N+](=O)[O-])cn3)CC2)cc1. The monoisotopic (exact) mass is 368 g/mol. The van der Waals surface area contributed by atoms with E-state index in [4.69, 9.17) is 0 Å². The summed E-state index contributed by atoms with van der Waals surface area (Å²) < 4.78 is 0. The number of pyridine rings is 1. The van der Waals surface area contributed by atoms with Gasteiger partial charge in [-0.25, -0.2) is 4.98 Å². The molecule has 0 atom stereocenters. The van der Waals surface area contributed by atoms with Crippen LogP contribution in [-0.4, -0.2) is 46.9 Å². The predicted molar refractivity (Wildman–Crippen MR) is 104 cm³/mol. The molecule has 0 bridgehead atoms. The quantitative estimate of drug-likeness (QED) is 0.578. The van der Waals surface area contributed by atoms with E-state index in [0.29, 0.717) is 38.4 Å². The van der Waals surface area contributed by atoms with E-state index in [9.17, 15) is 14.9 Å². The van der Waals surface area contributed by atoms with Crippen LogP contribution >= 0.6 is 0 Å². The molecule has 0 radical (unpaired) electrons. The van der Waals surface area contributed by atoms with Crippen molar-refractivity contribution in [2.75, 3.05) is 31.1 Å². The van der Waals surface area contributed by atoms with Crippen LogP contribution in [0, 0.1) is 17.0 Å². The molecule has 1 saturated heterocycles. The molecule has 0 saturated carbocycles. The Morgan fingerprint density at radius 2 is 1.81 bits per heavy atom. The van der Waals surface area contributed by atoms with Crippen LogP contribution in [0.4, 0.5) is 11.5 Å². The molecule has 1 fully saturated rings. The Labute approximate surface area is 158 Å². The Hall–Kier alpha value is -2.96. The fraction of sp³-hybridized carbons (Fsp3) is 0.400. The van der Waals surface area contributed by atoms with E-state index in [2.05, 4.69) is 41.1 Å². The Morgan fingerprint density at radius 1 is 1.11 bits per heavy atom. The summed E-state index contributed by atoms with van der Waals surface area (Å²) in [6.07, 6.45) is 3.60. The third-order valence-corrected chi connectivity index (χ3v) is 4.88. The molecule has 1 aliphatic heterocycles. The molecule has 1 aromatic carbocycles. The molecule has 1 aromatic heterocycles. The largest absolute Gasteiger partial charge is 0.353 e. The molecule has 1 amide bonds. The van der Waals surface area contributed by atoms with Crippen molar-refractivity contribution in [1.29, 1.82) is 0 Å². The molecule has 0 unspecified atom stereocenters. The van der Waals surface area contributed by atoms with Gasteiger partial charge in [0.1, 0.15) is 12.0 Å². The maximum absolute atomic E-state index is 12.4. The maximum Gasteiger partial charge on any atom is 0.287 e. The van der Waals surface area contributed by atoms with Crippen molar-refractivity contribution in [1.82, 2.24) is 9.88 Å². The fourth-order valence-corrected chi connectivity index (χ4v) is 3.21. The first-order valence-electron chi connectivity index (χ1n) is 9.21. The number of nitrogens with zero attached hydrogens (tertiary/aromatic N) is 4. The summed E-state index contributed by atoms with van der Waals surface area (Å²) in [5, 5.41) is 10.7. The van der Waals surface area contributed by atoms with Gasteiger partial charge in [-0.2, -0.15) is 0 Å². The van der Waals surface area contributed by atoms with Crippen molar-refractivity contribution in [2.24, 2.45) is 0 Å². The topological polar surface area (TPSA) is 79.6 Å². The molecule has 0 spiro atoms. The van der Waals surface area contributed by atoms with Crippen molar-refractivity contribution in [3.05, 3.63) is 63.8 Å². The van der Waals surface area contributed by atoms with Gasteiger partial charge in [0, 0.05) is 38.7 Å². The highest BCUT2D eigenvalue weighted by atomic mass is 16.6. The van der Waals surface area contributed by atoms with Gasteiger partial charge in [-0.15, -0.1) is 0 Å². The number of hydrogen-bond acceptors (Lipinski definition) is 5. The molecule has 0 N–H and O–H groups in total. The number of hydrogen-bond donors (Lipinski definition) is 0. The normalized spacial score (nSPS) is 14.3. The van der Waals surface area contributed by atoms with Crippen molar-refractivity contribution in [3.63, 3.8) is 0 Å². The summed E-state index contributed by atoms with van der Waals surface area (Å²) in [5.74, 6) is 0.908. The second kappa shape index (κ2) is 8.62. The number of aryl methyl sites for hydroxylation is 2. The summed E-state index contributed by atoms with van der Waals surface area (Å²) >= 11 is 0. The van der Waals surface area contributed by atoms with Crippen LogP contribution in [0.15, 0.2) is 42.6 Å². The lowest BCUT2D eigenvalue weighted by Crippen LogP contribution is -2.49. The number of aromatic nitrogens is 1. The molecule has 0 aliphatic carbocycles. The molecular weight excluding hydrogens is 344 g/mol. The van der Waals surface area contributed by atoms with Crippen LogP contribution in [0.5, 0.6) is 0 Å². The fourth-order valence-electron chi connectivity index (χ4n) is 3.21. The molecule has 2 heterocycles. The van der Waals surface area contributed by atoms with Crippen LogP contribution in [-0.2, 0) is 11.2 Å². The van der Waals surface area contributed by atoms with Crippen molar-refractivity contribution < 1.29 is 9.72 Å². The van der Waals surface area contributed by atoms with Crippen LogP contribution in [0.1, 0.15) is 24.0 Å². The molecule has 1 aliphatic rings. The molecule has 3 rings (SSSR count). The van der Waals surface area contributed by atoms with E-state index < -0.39 is 4.92 Å². The van der Waals surface area contributed by atoms with Crippen LogP contribution in [0.25, 0.3) is 0 Å². The third-order valence-electron chi connectivity index (χ3n) is 4.88. The van der Waals surface area contributed by atoms with Gasteiger partial charge in [0.05, 0.1) is 4.92 Å². The number of carbonyl (C=O) groups excluding carboxylic acids is 1. The number of piperazine rings is 1. The minimum absolute atomic E-state index is 0.0128. The molecule has 7 heteroatoms. The van der Waals surface area contributed by atoms with Gasteiger partial charge < -0.3 is 9.80 Å². The average Bonchev–Trinajstić information content (AvgIpc) is 2.69. The second-order valence-electron chi connectivity index (χ2n) is 6.84. The van der Waals surface area contributed by atoms with E-state index in [1.54, 1.807) is 6.07 Å². The summed E-state index contributed by atoms with van der Waals surface area (Å²) in [6, 6.07) is 11.6. The summed E-state index contributed by atoms with van der Waals surface area (Å²) in [4.78, 5) is 30.8. The van der Waals surface area contributed by atoms with E-state index in [1.807, 2.05) is 4.90 Å². The highest BCUT2D eigenvalue weighted by molar-refractivity contribution is 5.76. The Bertz CT molecular complexity index is 782. The molecule has 2 aromatic rings. The molecule has 27 heavy (non-hydrogen) atoms. The first-order chi connectivity index (χ1) is 13.0. The van der Waals surface area contributed by atoms with Crippen molar-refractivity contribution >= 4 is 17.4 Å². The van der Waals surface area contributed by atoms with Crippen LogP contribution in [0.2, 0.25) is 0 Å².